The lowest BCUT2D eigenvalue weighted by Crippen LogP contribution is -2.15. The SMILES string of the molecule is Cc1ccccc1-c1cc(C)c(N(c2ccc(C(C)(C)C)cc2)c2cc3c4cc(C(C)(C)C)ccc4c(N(c4ccc(C(C)(C)C)cc4)c4cc(C)c(-c5ccccc5C)cc4C)cc3c3ccccc23)cc1C. The van der Waals surface area contributed by atoms with Crippen LogP contribution in [-0.4, -0.2) is 0 Å². The summed E-state index contributed by atoms with van der Waals surface area (Å²) in [5, 5.41) is 7.33. The Hall–Kier alpha value is -7.42. The molecule has 0 radical (unpaired) electrons. The summed E-state index contributed by atoms with van der Waals surface area (Å²) >= 11 is 0. The molecule has 0 aliphatic carbocycles. The van der Waals surface area contributed by atoms with E-state index in [2.05, 4.69) is 290 Å². The zero-order valence-electron chi connectivity index (χ0n) is 46.6. The van der Waals surface area contributed by atoms with E-state index in [1.54, 1.807) is 0 Å². The van der Waals surface area contributed by atoms with Gasteiger partial charge in [-0.2, -0.15) is 0 Å². The van der Waals surface area contributed by atoms with E-state index in [1.807, 2.05) is 0 Å². The van der Waals surface area contributed by atoms with E-state index in [4.69, 9.17) is 0 Å². The second-order valence-electron chi connectivity index (χ2n) is 24.2. The number of hydrogen-bond donors (Lipinski definition) is 0. The standard InChI is InChI=1S/C72H74N2/c1-45-22-16-18-24-56(45)61-38-49(5)66(40-47(61)3)73(54-33-28-51(29-34-54)70(7,8)9)68-44-65-63-42-53(72(13,14)15)32-37-60(63)69(43-64(65)58-26-20-21-27-59(58)68)74(55-35-30-52(31-36-55)71(10,11)12)67-41-48(4)62(39-50(67)6)57-25-19-17-23-46(57)2/h16-44H,1-15H3. The van der Waals surface area contributed by atoms with Crippen molar-refractivity contribution in [1.82, 2.24) is 0 Å². The van der Waals surface area contributed by atoms with E-state index in [0.717, 1.165) is 22.7 Å². The molecule has 2 heteroatoms. The topological polar surface area (TPSA) is 6.48 Å². The van der Waals surface area contributed by atoms with E-state index >= 15 is 0 Å². The van der Waals surface area contributed by atoms with Crippen molar-refractivity contribution in [3.63, 3.8) is 0 Å². The van der Waals surface area contributed by atoms with Gasteiger partial charge in [-0.3, -0.25) is 0 Å². The Kier molecular flexibility index (Phi) is 12.7. The van der Waals surface area contributed by atoms with Crippen LogP contribution in [0.5, 0.6) is 0 Å². The average molecular weight is 967 g/mol. The fourth-order valence-corrected chi connectivity index (χ4v) is 11.2. The molecule has 0 saturated carbocycles. The first-order valence-corrected chi connectivity index (χ1v) is 26.7. The Labute approximate surface area is 442 Å². The predicted molar refractivity (Wildman–Crippen MR) is 324 cm³/mol. The van der Waals surface area contributed by atoms with Crippen LogP contribution in [-0.2, 0) is 16.2 Å². The molecule has 0 unspecified atom stereocenters. The largest absolute Gasteiger partial charge is 0.310 e. The van der Waals surface area contributed by atoms with Crippen molar-refractivity contribution >= 4 is 66.4 Å². The van der Waals surface area contributed by atoms with Crippen molar-refractivity contribution in [3.8, 4) is 22.3 Å². The molecule has 0 N–H and O–H groups in total. The maximum atomic E-state index is 2.54. The van der Waals surface area contributed by atoms with Gasteiger partial charge in [0.15, 0.2) is 0 Å². The van der Waals surface area contributed by atoms with Gasteiger partial charge in [0.1, 0.15) is 0 Å². The molecule has 0 aliphatic heterocycles. The minimum atomic E-state index is -0.0773. The fraction of sp³-hybridized carbons (Fsp3) is 0.250. The van der Waals surface area contributed by atoms with Gasteiger partial charge < -0.3 is 9.80 Å². The lowest BCUT2D eigenvalue weighted by Gasteiger charge is -2.32. The van der Waals surface area contributed by atoms with Gasteiger partial charge in [0.05, 0.1) is 11.4 Å². The molecule has 10 aromatic rings. The van der Waals surface area contributed by atoms with Crippen LogP contribution in [0.25, 0.3) is 54.6 Å². The Bertz CT molecular complexity index is 3770. The van der Waals surface area contributed by atoms with Gasteiger partial charge >= 0.3 is 0 Å². The highest BCUT2D eigenvalue weighted by atomic mass is 15.2. The minimum Gasteiger partial charge on any atom is -0.310 e. The second-order valence-corrected chi connectivity index (χ2v) is 24.2. The smallest absolute Gasteiger partial charge is 0.0546 e. The quantitative estimate of drug-likeness (QED) is 0.140. The molecular formula is C72H74N2. The number of fused-ring (bicyclic) bond motifs is 5. The van der Waals surface area contributed by atoms with Crippen LogP contribution in [0.3, 0.4) is 0 Å². The van der Waals surface area contributed by atoms with Crippen LogP contribution >= 0.6 is 0 Å². The lowest BCUT2D eigenvalue weighted by molar-refractivity contribution is 0.590. The molecule has 0 fully saturated rings. The molecule has 0 spiro atoms. The van der Waals surface area contributed by atoms with Crippen molar-refractivity contribution in [2.45, 2.75) is 120 Å². The molecule has 0 aliphatic rings. The Morgan fingerprint density at radius 3 is 1.01 bits per heavy atom. The molecule has 2 nitrogen and oxygen atoms in total. The molecule has 0 bridgehead atoms. The molecule has 372 valence electrons. The van der Waals surface area contributed by atoms with Crippen molar-refractivity contribution in [2.75, 3.05) is 9.80 Å². The summed E-state index contributed by atoms with van der Waals surface area (Å²) in [4.78, 5) is 5.08. The van der Waals surface area contributed by atoms with Crippen LogP contribution in [0.1, 0.15) is 112 Å². The molecule has 0 amide bonds. The molecule has 74 heavy (non-hydrogen) atoms. The summed E-state index contributed by atoms with van der Waals surface area (Å²) in [6.07, 6.45) is 0. The van der Waals surface area contributed by atoms with Gasteiger partial charge in [-0.15, -0.1) is 0 Å². The number of rotatable bonds is 8. The fourth-order valence-electron chi connectivity index (χ4n) is 11.2. The Balaban J connectivity index is 1.30. The highest BCUT2D eigenvalue weighted by Gasteiger charge is 2.27. The molecule has 0 aromatic heterocycles. The molecule has 0 atom stereocenters. The third kappa shape index (κ3) is 9.19. The zero-order valence-corrected chi connectivity index (χ0v) is 46.6. The Morgan fingerprint density at radius 1 is 0.243 bits per heavy atom. The Morgan fingerprint density at radius 2 is 0.595 bits per heavy atom. The van der Waals surface area contributed by atoms with Crippen LogP contribution in [0.4, 0.5) is 34.1 Å². The highest BCUT2D eigenvalue weighted by Crippen LogP contribution is 2.50. The molecule has 0 saturated heterocycles. The van der Waals surface area contributed by atoms with Gasteiger partial charge in [0.25, 0.3) is 0 Å². The monoisotopic (exact) mass is 967 g/mol. The van der Waals surface area contributed by atoms with Gasteiger partial charge in [-0.05, 0) is 218 Å². The van der Waals surface area contributed by atoms with Crippen molar-refractivity contribution < 1.29 is 0 Å². The van der Waals surface area contributed by atoms with Gasteiger partial charge in [-0.25, -0.2) is 0 Å². The molecule has 10 rings (SSSR count). The number of benzene rings is 10. The summed E-state index contributed by atoms with van der Waals surface area (Å²) in [6.45, 7) is 34.3. The number of nitrogens with zero attached hydrogens (tertiary/aromatic N) is 2. The first-order valence-electron chi connectivity index (χ1n) is 26.7. The van der Waals surface area contributed by atoms with E-state index in [1.165, 1.54) is 116 Å². The van der Waals surface area contributed by atoms with E-state index in [-0.39, 0.29) is 16.2 Å². The van der Waals surface area contributed by atoms with Gasteiger partial charge in [-0.1, -0.05) is 172 Å². The maximum absolute atomic E-state index is 2.54. The summed E-state index contributed by atoms with van der Waals surface area (Å²) in [7, 11) is 0. The molecular weight excluding hydrogens is 893 g/mol. The number of aryl methyl sites for hydroxylation is 6. The summed E-state index contributed by atoms with van der Waals surface area (Å²) in [5.41, 5.74) is 23.4. The second kappa shape index (κ2) is 18.8. The van der Waals surface area contributed by atoms with E-state index in [0.29, 0.717) is 0 Å². The summed E-state index contributed by atoms with van der Waals surface area (Å²) in [5.74, 6) is 0. The number of hydrogen-bond acceptors (Lipinski definition) is 2. The lowest BCUT2D eigenvalue weighted by atomic mass is 9.84. The van der Waals surface area contributed by atoms with Crippen LogP contribution in [0.2, 0.25) is 0 Å². The first-order chi connectivity index (χ1) is 35.1. The third-order valence-electron chi connectivity index (χ3n) is 15.7. The maximum Gasteiger partial charge on any atom is 0.0546 e. The number of anilines is 6. The van der Waals surface area contributed by atoms with Crippen LogP contribution in [0, 0.1) is 41.5 Å². The van der Waals surface area contributed by atoms with Gasteiger partial charge in [0, 0.05) is 33.5 Å². The van der Waals surface area contributed by atoms with Crippen molar-refractivity contribution in [2.24, 2.45) is 0 Å². The van der Waals surface area contributed by atoms with Gasteiger partial charge in [0.2, 0.25) is 0 Å². The normalized spacial score (nSPS) is 12.3. The molecule has 0 heterocycles. The van der Waals surface area contributed by atoms with Crippen LogP contribution < -0.4 is 9.80 Å². The van der Waals surface area contributed by atoms with Crippen LogP contribution in [0.15, 0.2) is 176 Å². The van der Waals surface area contributed by atoms with E-state index in [9.17, 15) is 0 Å². The third-order valence-corrected chi connectivity index (χ3v) is 15.7. The van der Waals surface area contributed by atoms with E-state index < -0.39 is 0 Å². The summed E-state index contributed by atoms with van der Waals surface area (Å²) < 4.78 is 0. The first kappa shape index (κ1) is 50.1. The zero-order chi connectivity index (χ0) is 52.6. The average Bonchev–Trinajstić information content (AvgIpc) is 3.36. The summed E-state index contributed by atoms with van der Waals surface area (Å²) in [6, 6.07) is 67.2. The minimum absolute atomic E-state index is 0.0173. The van der Waals surface area contributed by atoms with Crippen molar-refractivity contribution in [3.05, 3.63) is 226 Å². The van der Waals surface area contributed by atoms with Crippen molar-refractivity contribution in [1.29, 1.82) is 0 Å². The molecule has 10 aromatic carbocycles. The highest BCUT2D eigenvalue weighted by molar-refractivity contribution is 6.25. The predicted octanol–water partition coefficient (Wildman–Crippen LogP) is 21.2.